The summed E-state index contributed by atoms with van der Waals surface area (Å²) < 4.78 is 34.2. The molecule has 2 amide bonds. The molecule has 10 heteroatoms. The zero-order chi connectivity index (χ0) is 28.4. The number of sulfonamides is 1. The number of hydrogen-bond donors (Lipinski definition) is 1. The van der Waals surface area contributed by atoms with Crippen LogP contribution in [0.2, 0.25) is 5.02 Å². The molecule has 3 aromatic rings. The number of benzene rings is 3. The number of para-hydroxylation sites is 2. The molecule has 1 atom stereocenters. The first kappa shape index (κ1) is 30.0. The van der Waals surface area contributed by atoms with Gasteiger partial charge in [0.1, 0.15) is 18.3 Å². The molecule has 3 aromatic carbocycles. The van der Waals surface area contributed by atoms with Crippen LogP contribution in [0.5, 0.6) is 5.75 Å². The number of amides is 2. The molecule has 1 N–H and O–H groups in total. The van der Waals surface area contributed by atoms with E-state index in [-0.39, 0.29) is 28.8 Å². The van der Waals surface area contributed by atoms with Crippen LogP contribution in [-0.2, 0) is 26.2 Å². The van der Waals surface area contributed by atoms with Gasteiger partial charge in [0.05, 0.1) is 17.7 Å². The van der Waals surface area contributed by atoms with Gasteiger partial charge in [0.2, 0.25) is 11.8 Å². The maximum Gasteiger partial charge on any atom is 0.264 e. The maximum absolute atomic E-state index is 14.0. The van der Waals surface area contributed by atoms with Gasteiger partial charge in [-0.15, -0.1) is 0 Å². The summed E-state index contributed by atoms with van der Waals surface area (Å²) in [6, 6.07) is 20.6. The lowest BCUT2D eigenvalue weighted by Gasteiger charge is -2.32. The number of rotatable bonds is 13. The minimum absolute atomic E-state index is 0.0199. The summed E-state index contributed by atoms with van der Waals surface area (Å²) in [6.07, 6.45) is 1.70. The van der Waals surface area contributed by atoms with Crippen LogP contribution >= 0.6 is 11.6 Å². The lowest BCUT2D eigenvalue weighted by molar-refractivity contribution is -0.139. The molecular weight excluding hydrogens is 538 g/mol. The van der Waals surface area contributed by atoms with Crippen molar-refractivity contribution >= 4 is 39.1 Å². The standard InChI is InChI=1S/C29H34ClN3O5S/c1-4-5-19-31-29(35)22(2)32(20-23-13-9-10-16-25(23)30)28(34)21-33(26-17-11-12-18-27(26)38-3)39(36,37)24-14-7-6-8-15-24/h6-18,22H,4-5,19-21H2,1-3H3,(H,31,35)/t22-/m0/s1. The number of halogens is 1. The van der Waals surface area contributed by atoms with Crippen molar-refractivity contribution in [2.24, 2.45) is 0 Å². The highest BCUT2D eigenvalue weighted by Gasteiger charge is 2.33. The van der Waals surface area contributed by atoms with Gasteiger partial charge in [-0.25, -0.2) is 8.42 Å². The van der Waals surface area contributed by atoms with E-state index in [1.807, 2.05) is 6.92 Å². The zero-order valence-electron chi connectivity index (χ0n) is 22.3. The van der Waals surface area contributed by atoms with E-state index in [0.29, 0.717) is 17.1 Å². The molecule has 0 saturated heterocycles. The predicted molar refractivity (Wildman–Crippen MR) is 153 cm³/mol. The Hall–Kier alpha value is -3.56. The molecule has 208 valence electrons. The fourth-order valence-corrected chi connectivity index (χ4v) is 5.64. The van der Waals surface area contributed by atoms with E-state index >= 15 is 0 Å². The summed E-state index contributed by atoms with van der Waals surface area (Å²) in [5.74, 6) is -0.620. The largest absolute Gasteiger partial charge is 0.495 e. The molecule has 3 rings (SSSR count). The van der Waals surface area contributed by atoms with E-state index < -0.39 is 28.5 Å². The Kier molecular flexibility index (Phi) is 10.8. The minimum Gasteiger partial charge on any atom is -0.495 e. The van der Waals surface area contributed by atoms with Crippen molar-refractivity contribution in [1.29, 1.82) is 0 Å². The average molecular weight is 572 g/mol. The van der Waals surface area contributed by atoms with Gasteiger partial charge >= 0.3 is 0 Å². The van der Waals surface area contributed by atoms with Crippen LogP contribution in [0.1, 0.15) is 32.3 Å². The smallest absolute Gasteiger partial charge is 0.264 e. The van der Waals surface area contributed by atoms with Crippen molar-refractivity contribution in [2.45, 2.75) is 44.2 Å². The van der Waals surface area contributed by atoms with E-state index in [0.717, 1.165) is 17.1 Å². The van der Waals surface area contributed by atoms with E-state index in [1.165, 1.54) is 24.1 Å². The molecule has 0 aliphatic heterocycles. The van der Waals surface area contributed by atoms with Crippen molar-refractivity contribution in [2.75, 3.05) is 24.5 Å². The monoisotopic (exact) mass is 571 g/mol. The fourth-order valence-electron chi connectivity index (χ4n) is 4.00. The Balaban J connectivity index is 2.03. The molecule has 0 spiro atoms. The first-order valence-corrected chi connectivity index (χ1v) is 14.5. The highest BCUT2D eigenvalue weighted by atomic mass is 35.5. The molecule has 0 bridgehead atoms. The first-order valence-electron chi connectivity index (χ1n) is 12.7. The van der Waals surface area contributed by atoms with Crippen LogP contribution in [0.15, 0.2) is 83.8 Å². The van der Waals surface area contributed by atoms with Crippen LogP contribution in [-0.4, -0.2) is 51.4 Å². The zero-order valence-corrected chi connectivity index (χ0v) is 23.9. The number of carbonyl (C=O) groups is 2. The third kappa shape index (κ3) is 7.52. The molecular formula is C29H34ClN3O5S. The van der Waals surface area contributed by atoms with Crippen molar-refractivity contribution in [1.82, 2.24) is 10.2 Å². The number of ether oxygens (including phenoxy) is 1. The fraction of sp³-hybridized carbons (Fsp3) is 0.310. The number of methoxy groups -OCH3 is 1. The molecule has 0 radical (unpaired) electrons. The Bertz CT molecular complexity index is 1370. The van der Waals surface area contributed by atoms with Crippen LogP contribution in [0, 0.1) is 0 Å². The lowest BCUT2D eigenvalue weighted by atomic mass is 10.1. The summed E-state index contributed by atoms with van der Waals surface area (Å²) in [5, 5.41) is 3.30. The van der Waals surface area contributed by atoms with Gasteiger partial charge in [0.25, 0.3) is 10.0 Å². The SMILES string of the molecule is CCCCNC(=O)[C@H](C)N(Cc1ccccc1Cl)C(=O)CN(c1ccccc1OC)S(=O)(=O)c1ccccc1. The van der Waals surface area contributed by atoms with Crippen LogP contribution in [0.25, 0.3) is 0 Å². The maximum atomic E-state index is 14.0. The molecule has 0 unspecified atom stereocenters. The molecule has 0 aliphatic carbocycles. The van der Waals surface area contributed by atoms with Crippen LogP contribution in [0.4, 0.5) is 5.69 Å². The summed E-state index contributed by atoms with van der Waals surface area (Å²) >= 11 is 6.39. The van der Waals surface area contributed by atoms with E-state index in [2.05, 4.69) is 5.32 Å². The van der Waals surface area contributed by atoms with Gasteiger partial charge in [-0.3, -0.25) is 13.9 Å². The van der Waals surface area contributed by atoms with E-state index in [9.17, 15) is 18.0 Å². The predicted octanol–water partition coefficient (Wildman–Crippen LogP) is 4.88. The number of unbranched alkanes of at least 4 members (excludes halogenated alkanes) is 1. The Morgan fingerprint density at radius 3 is 2.28 bits per heavy atom. The van der Waals surface area contributed by atoms with E-state index in [4.69, 9.17) is 16.3 Å². The Morgan fingerprint density at radius 2 is 1.62 bits per heavy atom. The summed E-state index contributed by atoms with van der Waals surface area (Å²) in [7, 11) is -2.75. The highest BCUT2D eigenvalue weighted by molar-refractivity contribution is 7.92. The Labute approximate surface area is 235 Å². The Morgan fingerprint density at radius 1 is 0.974 bits per heavy atom. The topological polar surface area (TPSA) is 96.0 Å². The van der Waals surface area contributed by atoms with Gasteiger partial charge in [0.15, 0.2) is 0 Å². The molecule has 8 nitrogen and oxygen atoms in total. The summed E-state index contributed by atoms with van der Waals surface area (Å²) in [5.41, 5.74) is 0.838. The normalized spacial score (nSPS) is 11.9. The van der Waals surface area contributed by atoms with Crippen LogP contribution < -0.4 is 14.4 Å². The number of hydrogen-bond acceptors (Lipinski definition) is 5. The second-order valence-corrected chi connectivity index (χ2v) is 11.2. The summed E-state index contributed by atoms with van der Waals surface area (Å²) in [6.45, 7) is 3.57. The molecule has 0 aliphatic rings. The number of anilines is 1. The third-order valence-corrected chi connectivity index (χ3v) is 8.40. The van der Waals surface area contributed by atoms with Crippen molar-refractivity contribution in [3.05, 3.63) is 89.4 Å². The van der Waals surface area contributed by atoms with Gasteiger partial charge in [0, 0.05) is 18.1 Å². The lowest BCUT2D eigenvalue weighted by Crippen LogP contribution is -2.51. The van der Waals surface area contributed by atoms with Crippen LogP contribution in [0.3, 0.4) is 0 Å². The molecule has 0 heterocycles. The molecule has 0 saturated carbocycles. The van der Waals surface area contributed by atoms with Gasteiger partial charge in [-0.1, -0.05) is 73.5 Å². The average Bonchev–Trinajstić information content (AvgIpc) is 2.95. The minimum atomic E-state index is -4.18. The molecule has 0 fully saturated rings. The highest BCUT2D eigenvalue weighted by Crippen LogP contribution is 2.32. The third-order valence-electron chi connectivity index (χ3n) is 6.26. The number of nitrogens with one attached hydrogen (secondary N) is 1. The van der Waals surface area contributed by atoms with Gasteiger partial charge in [-0.2, -0.15) is 0 Å². The van der Waals surface area contributed by atoms with Gasteiger partial charge in [-0.05, 0) is 49.2 Å². The number of nitrogens with zero attached hydrogens (tertiary/aromatic N) is 2. The quantitative estimate of drug-likeness (QED) is 0.295. The summed E-state index contributed by atoms with van der Waals surface area (Å²) in [4.78, 5) is 28.3. The van der Waals surface area contributed by atoms with Crippen molar-refractivity contribution < 1.29 is 22.7 Å². The van der Waals surface area contributed by atoms with Crippen molar-refractivity contribution in [3.63, 3.8) is 0 Å². The van der Waals surface area contributed by atoms with E-state index in [1.54, 1.807) is 73.7 Å². The second-order valence-electron chi connectivity index (χ2n) is 8.93. The first-order chi connectivity index (χ1) is 18.7. The second kappa shape index (κ2) is 14.0. The molecule has 0 aromatic heterocycles. The van der Waals surface area contributed by atoms with Crippen molar-refractivity contribution in [3.8, 4) is 5.75 Å². The van der Waals surface area contributed by atoms with Gasteiger partial charge < -0.3 is 15.0 Å². The number of carbonyl (C=O) groups excluding carboxylic acids is 2. The molecule has 39 heavy (non-hydrogen) atoms.